The molecule has 2 saturated heterocycles. The van der Waals surface area contributed by atoms with E-state index in [9.17, 15) is 4.79 Å². The number of carbonyl (C=O) groups is 1. The Labute approximate surface area is 288 Å². The molecule has 2 N–H and O–H groups in total. The third-order valence-corrected chi connectivity index (χ3v) is 9.56. The van der Waals surface area contributed by atoms with E-state index >= 15 is 4.39 Å². The third kappa shape index (κ3) is 8.13. The fourth-order valence-corrected chi connectivity index (χ4v) is 6.99. The van der Waals surface area contributed by atoms with Gasteiger partial charge in [0.2, 0.25) is 11.8 Å². The maximum atomic E-state index is 15.3. The molecule has 0 saturated carbocycles. The Kier molecular flexibility index (Phi) is 10.9. The number of anilines is 3. The van der Waals surface area contributed by atoms with Crippen molar-refractivity contribution in [3.05, 3.63) is 88.9 Å². The van der Waals surface area contributed by atoms with Crippen LogP contribution in [0.2, 0.25) is 0 Å². The molecule has 2 unspecified atom stereocenters. The summed E-state index contributed by atoms with van der Waals surface area (Å²) < 4.78 is 33.2. The van der Waals surface area contributed by atoms with Crippen molar-refractivity contribution in [2.75, 3.05) is 37.4 Å². The Morgan fingerprint density at radius 3 is 2.55 bits per heavy atom. The van der Waals surface area contributed by atoms with Crippen molar-refractivity contribution in [1.82, 2.24) is 14.9 Å². The van der Waals surface area contributed by atoms with E-state index in [1.807, 2.05) is 44.2 Å². The minimum Gasteiger partial charge on any atom is -0.493 e. The van der Waals surface area contributed by atoms with E-state index in [-0.39, 0.29) is 23.1 Å². The number of hydrogen-bond acceptors (Lipinski definition) is 8. The van der Waals surface area contributed by atoms with E-state index < -0.39 is 11.7 Å². The van der Waals surface area contributed by atoms with Gasteiger partial charge >= 0.3 is 0 Å². The van der Waals surface area contributed by atoms with E-state index in [0.717, 1.165) is 55.5 Å². The fourth-order valence-electron chi connectivity index (χ4n) is 6.99. The number of ether oxygens (including phenoxy) is 3. The monoisotopic (exact) mass is 667 g/mol. The quantitative estimate of drug-likeness (QED) is 0.155. The van der Waals surface area contributed by atoms with E-state index in [1.54, 1.807) is 25.3 Å². The minimum atomic E-state index is -0.473. The maximum absolute atomic E-state index is 15.3. The van der Waals surface area contributed by atoms with Gasteiger partial charge in [0.05, 0.1) is 13.7 Å². The van der Waals surface area contributed by atoms with Crippen LogP contribution in [0.1, 0.15) is 72.5 Å². The second kappa shape index (κ2) is 15.7. The summed E-state index contributed by atoms with van der Waals surface area (Å²) in [5.74, 6) is 0.796. The first-order valence-corrected chi connectivity index (χ1v) is 17.4. The molecule has 2 aliphatic heterocycles. The van der Waals surface area contributed by atoms with Gasteiger partial charge < -0.3 is 24.8 Å². The van der Waals surface area contributed by atoms with Crippen LogP contribution in [-0.4, -0.2) is 53.6 Å². The molecule has 1 amide bonds. The normalized spacial score (nSPS) is 17.6. The van der Waals surface area contributed by atoms with Gasteiger partial charge in [0.25, 0.3) is 5.91 Å². The molecule has 10 heteroatoms. The van der Waals surface area contributed by atoms with E-state index in [4.69, 9.17) is 14.2 Å². The second-order valence-electron chi connectivity index (χ2n) is 13.1. The summed E-state index contributed by atoms with van der Waals surface area (Å²) >= 11 is 0. The average Bonchev–Trinajstić information content (AvgIpc) is 3.10. The highest BCUT2D eigenvalue weighted by Crippen LogP contribution is 2.35. The summed E-state index contributed by atoms with van der Waals surface area (Å²) in [5.41, 5.74) is 4.22. The van der Waals surface area contributed by atoms with Crippen molar-refractivity contribution in [2.24, 2.45) is 5.92 Å². The number of para-hydroxylation sites is 1. The Balaban J connectivity index is 1.22. The first-order valence-electron chi connectivity index (χ1n) is 17.4. The number of rotatable bonds is 12. The van der Waals surface area contributed by atoms with E-state index in [1.165, 1.54) is 31.5 Å². The third-order valence-electron chi connectivity index (χ3n) is 9.56. The Morgan fingerprint density at radius 2 is 1.78 bits per heavy atom. The van der Waals surface area contributed by atoms with Crippen molar-refractivity contribution >= 4 is 23.2 Å². The lowest BCUT2D eigenvalue weighted by atomic mass is 9.84. The average molecular weight is 668 g/mol. The van der Waals surface area contributed by atoms with Crippen molar-refractivity contribution in [1.29, 1.82) is 0 Å². The second-order valence-corrected chi connectivity index (χ2v) is 13.1. The van der Waals surface area contributed by atoms with Crippen molar-refractivity contribution in [2.45, 2.75) is 71.8 Å². The molecule has 6 rings (SSSR count). The molecule has 1 aromatic heterocycles. The first kappa shape index (κ1) is 34.2. The van der Waals surface area contributed by atoms with Crippen LogP contribution in [0.4, 0.5) is 21.7 Å². The van der Waals surface area contributed by atoms with Crippen molar-refractivity contribution < 1.29 is 23.4 Å². The summed E-state index contributed by atoms with van der Waals surface area (Å²) in [6.45, 7) is 8.79. The molecule has 2 atom stereocenters. The van der Waals surface area contributed by atoms with Gasteiger partial charge in [-0.2, -0.15) is 4.98 Å². The zero-order chi connectivity index (χ0) is 34.3. The number of carbonyl (C=O) groups excluding carboxylic acids is 1. The number of amides is 1. The summed E-state index contributed by atoms with van der Waals surface area (Å²) in [7, 11) is 1.57. The number of fused-ring (bicyclic) bond motifs is 1. The molecule has 258 valence electrons. The number of aryl methyl sites for hydroxylation is 3. The molecular formula is C39H46FN5O4. The zero-order valence-corrected chi connectivity index (χ0v) is 28.9. The highest BCUT2D eigenvalue weighted by molar-refractivity contribution is 6.06. The fraction of sp³-hybridized carbons (Fsp3) is 0.410. The molecule has 9 nitrogen and oxygen atoms in total. The van der Waals surface area contributed by atoms with Gasteiger partial charge in [0, 0.05) is 35.6 Å². The SMILES string of the molecule is CCCc1ccc(Oc2nc(Nc3ccc(OCC4CCCN5CCCCC45)c(F)c3)ncc2C(=O)Nc2c(C)cccc2C)c(OC)c1. The largest absolute Gasteiger partial charge is 0.493 e. The Morgan fingerprint density at radius 1 is 0.980 bits per heavy atom. The summed E-state index contributed by atoms with van der Waals surface area (Å²) in [4.78, 5) is 25.2. The minimum absolute atomic E-state index is 0.0208. The van der Waals surface area contributed by atoms with Gasteiger partial charge in [0.1, 0.15) is 5.56 Å². The van der Waals surface area contributed by atoms with Crippen LogP contribution < -0.4 is 24.8 Å². The van der Waals surface area contributed by atoms with Crippen LogP contribution >= 0.6 is 0 Å². The molecule has 2 aliphatic rings. The number of hydrogen-bond donors (Lipinski definition) is 2. The van der Waals surface area contributed by atoms with Crippen LogP contribution in [0.25, 0.3) is 0 Å². The van der Waals surface area contributed by atoms with Gasteiger partial charge in [-0.3, -0.25) is 9.69 Å². The van der Waals surface area contributed by atoms with Crippen LogP contribution in [0, 0.1) is 25.6 Å². The Hall–Kier alpha value is -4.70. The highest BCUT2D eigenvalue weighted by Gasteiger charge is 2.33. The van der Waals surface area contributed by atoms with Gasteiger partial charge in [-0.15, -0.1) is 0 Å². The van der Waals surface area contributed by atoms with Crippen molar-refractivity contribution in [3.63, 3.8) is 0 Å². The molecule has 0 bridgehead atoms. The zero-order valence-electron chi connectivity index (χ0n) is 28.9. The lowest BCUT2D eigenvalue weighted by Crippen LogP contribution is -2.49. The van der Waals surface area contributed by atoms with Crippen LogP contribution in [0.5, 0.6) is 23.1 Å². The molecule has 3 aromatic carbocycles. The molecule has 3 heterocycles. The lowest BCUT2D eigenvalue weighted by Gasteiger charge is -2.44. The molecule has 49 heavy (non-hydrogen) atoms. The van der Waals surface area contributed by atoms with E-state index in [2.05, 4.69) is 32.4 Å². The predicted molar refractivity (Wildman–Crippen MR) is 190 cm³/mol. The van der Waals surface area contributed by atoms with Gasteiger partial charge in [-0.25, -0.2) is 9.37 Å². The molecular weight excluding hydrogens is 621 g/mol. The van der Waals surface area contributed by atoms with Crippen molar-refractivity contribution in [3.8, 4) is 23.1 Å². The highest BCUT2D eigenvalue weighted by atomic mass is 19.1. The smallest absolute Gasteiger partial charge is 0.262 e. The Bertz CT molecular complexity index is 1760. The number of piperidine rings is 2. The number of halogens is 1. The summed E-state index contributed by atoms with van der Waals surface area (Å²) in [6, 6.07) is 16.7. The summed E-state index contributed by atoms with van der Waals surface area (Å²) in [5, 5.41) is 6.05. The van der Waals surface area contributed by atoms with E-state index in [0.29, 0.717) is 41.4 Å². The van der Waals surface area contributed by atoms with Gasteiger partial charge in [-0.1, -0.05) is 44.0 Å². The molecule has 0 spiro atoms. The number of aromatic nitrogens is 2. The molecule has 4 aromatic rings. The molecule has 2 fully saturated rings. The number of benzene rings is 3. The van der Waals surface area contributed by atoms with Crippen LogP contribution in [0.3, 0.4) is 0 Å². The topological polar surface area (TPSA) is 97.8 Å². The lowest BCUT2D eigenvalue weighted by molar-refractivity contribution is 0.0358. The number of nitrogens with zero attached hydrogens (tertiary/aromatic N) is 3. The van der Waals surface area contributed by atoms with Gasteiger partial charge in [-0.05, 0) is 100.0 Å². The van der Waals surface area contributed by atoms with Crippen LogP contribution in [-0.2, 0) is 6.42 Å². The molecule has 0 aliphatic carbocycles. The predicted octanol–water partition coefficient (Wildman–Crippen LogP) is 8.63. The molecule has 0 radical (unpaired) electrons. The summed E-state index contributed by atoms with van der Waals surface area (Å²) in [6.07, 6.45) is 9.24. The standard InChI is InChI=1S/C39H46FN5O4/c1-5-10-27-15-17-34(35(21-27)47-4)49-38-30(37(46)43-36-25(2)11-8-12-26(36)3)23-41-39(44-38)42-29-16-18-33(31(40)22-29)48-24-28-13-9-20-45-19-7-6-14-32(28)45/h8,11-12,15-18,21-23,28,32H,5-7,9-10,13-14,19-20,24H2,1-4H3,(H,43,46)(H,41,42,44). The maximum Gasteiger partial charge on any atom is 0.262 e. The van der Waals surface area contributed by atoms with Crippen LogP contribution in [0.15, 0.2) is 60.8 Å². The number of nitrogens with one attached hydrogen (secondary N) is 2. The number of methoxy groups -OCH3 is 1. The first-order chi connectivity index (χ1) is 23.8. The van der Waals surface area contributed by atoms with Gasteiger partial charge in [0.15, 0.2) is 23.1 Å².